The number of rotatable bonds is 9. The van der Waals surface area contributed by atoms with E-state index in [1.54, 1.807) is 11.6 Å². The van der Waals surface area contributed by atoms with Gasteiger partial charge in [-0.25, -0.2) is 9.48 Å². The van der Waals surface area contributed by atoms with E-state index in [0.717, 1.165) is 17.2 Å². The Bertz CT molecular complexity index is 1280. The maximum atomic E-state index is 12.1. The number of carbonyl (C=O) groups is 2. The molecule has 0 aliphatic carbocycles. The highest BCUT2D eigenvalue weighted by atomic mass is 35.5. The van der Waals surface area contributed by atoms with E-state index in [1.165, 1.54) is 31.4 Å². The molecule has 0 bridgehead atoms. The normalized spacial score (nSPS) is 10.9. The zero-order chi connectivity index (χ0) is 25.5. The molecule has 1 heterocycles. The van der Waals surface area contributed by atoms with Crippen molar-refractivity contribution >= 4 is 40.9 Å². The van der Waals surface area contributed by atoms with Gasteiger partial charge in [-0.05, 0) is 31.6 Å². The molecule has 1 aromatic heterocycles. The molecule has 0 fully saturated rings. The molecule has 10 nitrogen and oxygen atoms in total. The Morgan fingerprint density at radius 2 is 1.91 bits per heavy atom. The number of nitrogens with one attached hydrogen (secondary N) is 1. The first-order chi connectivity index (χ1) is 16.7. The van der Waals surface area contributed by atoms with E-state index in [4.69, 9.17) is 21.1 Å². The molecule has 0 aliphatic heterocycles. The average Bonchev–Trinajstić information content (AvgIpc) is 3.09. The molecule has 0 unspecified atom stereocenters. The summed E-state index contributed by atoms with van der Waals surface area (Å²) in [7, 11) is 1.32. The van der Waals surface area contributed by atoms with Crippen molar-refractivity contribution in [2.24, 2.45) is 0 Å². The minimum Gasteiger partial charge on any atom is -0.494 e. The average molecular weight is 499 g/mol. The van der Waals surface area contributed by atoms with Crippen LogP contribution in [0.25, 0.3) is 6.08 Å². The minimum atomic E-state index is -0.752. The van der Waals surface area contributed by atoms with Gasteiger partial charge in [0.15, 0.2) is 6.61 Å². The Morgan fingerprint density at radius 1 is 1.20 bits per heavy atom. The number of aryl methyl sites for hydroxylation is 2. The quantitative estimate of drug-likeness (QED) is 0.201. The molecule has 0 atom stereocenters. The summed E-state index contributed by atoms with van der Waals surface area (Å²) in [6, 6.07) is 11.7. The lowest BCUT2D eigenvalue weighted by atomic mass is 10.1. The summed E-state index contributed by atoms with van der Waals surface area (Å²) in [5.41, 5.74) is 3.40. The number of halogens is 1. The van der Waals surface area contributed by atoms with Gasteiger partial charge in [-0.3, -0.25) is 14.9 Å². The second-order valence-electron chi connectivity index (χ2n) is 7.56. The van der Waals surface area contributed by atoms with Crippen molar-refractivity contribution in [3.63, 3.8) is 0 Å². The molecule has 11 heteroatoms. The second kappa shape index (κ2) is 11.3. The van der Waals surface area contributed by atoms with Gasteiger partial charge in [0, 0.05) is 17.7 Å². The molecule has 0 saturated heterocycles. The SMILES string of the molecule is COc1cc([N+](=O)[O-])ccc1NC(=O)COC(=O)/C=C/c1c(C)nn(Cc2ccc(C)cc2)c1Cl. The van der Waals surface area contributed by atoms with Gasteiger partial charge < -0.3 is 14.8 Å². The fourth-order valence-electron chi connectivity index (χ4n) is 3.15. The molecule has 1 amide bonds. The van der Waals surface area contributed by atoms with Crippen LogP contribution in [-0.4, -0.2) is 40.3 Å². The van der Waals surface area contributed by atoms with Crippen LogP contribution in [0.4, 0.5) is 11.4 Å². The third kappa shape index (κ3) is 6.67. The summed E-state index contributed by atoms with van der Waals surface area (Å²) in [6.07, 6.45) is 2.64. The van der Waals surface area contributed by atoms with Gasteiger partial charge in [-0.1, -0.05) is 41.4 Å². The van der Waals surface area contributed by atoms with E-state index in [9.17, 15) is 19.7 Å². The van der Waals surface area contributed by atoms with Crippen molar-refractivity contribution in [2.75, 3.05) is 19.0 Å². The number of esters is 1. The summed E-state index contributed by atoms with van der Waals surface area (Å²) in [5, 5.41) is 18.1. The Kier molecular flexibility index (Phi) is 8.21. The number of hydrogen-bond acceptors (Lipinski definition) is 7. The standard InChI is InChI=1S/C24H23ClN4O6/c1-15-4-6-17(7-5-15)13-28-24(25)19(16(2)27-28)9-11-23(31)35-14-22(30)26-20-10-8-18(29(32)33)12-21(20)34-3/h4-12H,13-14H2,1-3H3,(H,26,30)/b11-9+. The van der Waals surface area contributed by atoms with E-state index in [1.807, 2.05) is 31.2 Å². The molecule has 0 aliphatic rings. The predicted octanol–water partition coefficient (Wildman–Crippen LogP) is 4.31. The molecule has 35 heavy (non-hydrogen) atoms. The number of carbonyl (C=O) groups excluding carboxylic acids is 2. The molecule has 3 rings (SSSR count). The third-order valence-corrected chi connectivity index (χ3v) is 5.36. The van der Waals surface area contributed by atoms with Crippen molar-refractivity contribution in [1.29, 1.82) is 0 Å². The third-order valence-electron chi connectivity index (χ3n) is 4.96. The van der Waals surface area contributed by atoms with Crippen molar-refractivity contribution < 1.29 is 24.0 Å². The zero-order valence-corrected chi connectivity index (χ0v) is 20.0. The highest BCUT2D eigenvalue weighted by Gasteiger charge is 2.15. The van der Waals surface area contributed by atoms with Crippen LogP contribution in [0.15, 0.2) is 48.5 Å². The first-order valence-corrected chi connectivity index (χ1v) is 10.8. The molecule has 0 spiro atoms. The summed E-state index contributed by atoms with van der Waals surface area (Å²) >= 11 is 6.45. The van der Waals surface area contributed by atoms with Gasteiger partial charge in [0.25, 0.3) is 11.6 Å². The monoisotopic (exact) mass is 498 g/mol. The molecule has 0 radical (unpaired) electrons. The second-order valence-corrected chi connectivity index (χ2v) is 7.92. The molecule has 182 valence electrons. The van der Waals surface area contributed by atoms with Crippen LogP contribution < -0.4 is 10.1 Å². The number of aromatic nitrogens is 2. The number of nitrogens with zero attached hydrogens (tertiary/aromatic N) is 3. The number of anilines is 1. The van der Waals surface area contributed by atoms with Crippen LogP contribution >= 0.6 is 11.6 Å². The van der Waals surface area contributed by atoms with Crippen LogP contribution in [0.5, 0.6) is 5.75 Å². The lowest BCUT2D eigenvalue weighted by molar-refractivity contribution is -0.384. The van der Waals surface area contributed by atoms with E-state index >= 15 is 0 Å². The van der Waals surface area contributed by atoms with Crippen LogP contribution in [0.2, 0.25) is 5.15 Å². The summed E-state index contributed by atoms with van der Waals surface area (Å²) < 4.78 is 11.7. The number of nitro groups is 1. The minimum absolute atomic E-state index is 0.103. The van der Waals surface area contributed by atoms with Gasteiger partial charge in [0.1, 0.15) is 10.9 Å². The lowest BCUT2D eigenvalue weighted by Gasteiger charge is -2.09. The summed E-state index contributed by atoms with van der Waals surface area (Å²) in [6.45, 7) is 3.69. The van der Waals surface area contributed by atoms with Gasteiger partial charge in [-0.2, -0.15) is 5.10 Å². The molecule has 2 aromatic carbocycles. The highest BCUT2D eigenvalue weighted by Crippen LogP contribution is 2.29. The summed E-state index contributed by atoms with van der Waals surface area (Å²) in [5.74, 6) is -1.29. The number of ether oxygens (including phenoxy) is 2. The van der Waals surface area contributed by atoms with Crippen molar-refractivity contribution in [3.8, 4) is 5.75 Å². The highest BCUT2D eigenvalue weighted by molar-refractivity contribution is 6.31. The Balaban J connectivity index is 1.58. The molecule has 1 N–H and O–H groups in total. The van der Waals surface area contributed by atoms with Crippen molar-refractivity contribution in [1.82, 2.24) is 9.78 Å². The Labute approximate surface area is 206 Å². The van der Waals surface area contributed by atoms with E-state index in [2.05, 4.69) is 10.4 Å². The molecule has 0 saturated carbocycles. The fourth-order valence-corrected chi connectivity index (χ4v) is 3.44. The van der Waals surface area contributed by atoms with Crippen LogP contribution in [0.1, 0.15) is 22.4 Å². The van der Waals surface area contributed by atoms with Crippen LogP contribution in [0, 0.1) is 24.0 Å². The number of amides is 1. The molecular weight excluding hydrogens is 476 g/mol. The lowest BCUT2D eigenvalue weighted by Crippen LogP contribution is -2.20. The van der Waals surface area contributed by atoms with E-state index < -0.39 is 23.4 Å². The summed E-state index contributed by atoms with van der Waals surface area (Å²) in [4.78, 5) is 34.5. The Hall–Kier alpha value is -4.18. The largest absolute Gasteiger partial charge is 0.494 e. The van der Waals surface area contributed by atoms with Gasteiger partial charge in [0.05, 0.1) is 36.0 Å². The maximum absolute atomic E-state index is 12.1. The van der Waals surface area contributed by atoms with Gasteiger partial charge in [0.2, 0.25) is 0 Å². The molecule has 3 aromatic rings. The van der Waals surface area contributed by atoms with Crippen LogP contribution in [0.3, 0.4) is 0 Å². The van der Waals surface area contributed by atoms with Gasteiger partial charge in [-0.15, -0.1) is 0 Å². The number of hydrogen-bond donors (Lipinski definition) is 1. The molecular formula is C24H23ClN4O6. The predicted molar refractivity (Wildman–Crippen MR) is 131 cm³/mol. The van der Waals surface area contributed by atoms with Crippen molar-refractivity contribution in [2.45, 2.75) is 20.4 Å². The van der Waals surface area contributed by atoms with Gasteiger partial charge >= 0.3 is 5.97 Å². The van der Waals surface area contributed by atoms with Crippen molar-refractivity contribution in [3.05, 3.63) is 86.2 Å². The number of methoxy groups -OCH3 is 1. The first kappa shape index (κ1) is 25.4. The van der Waals surface area contributed by atoms with Crippen LogP contribution in [-0.2, 0) is 20.9 Å². The number of benzene rings is 2. The number of nitro benzene ring substituents is 1. The zero-order valence-electron chi connectivity index (χ0n) is 19.3. The Morgan fingerprint density at radius 3 is 2.57 bits per heavy atom. The smallest absolute Gasteiger partial charge is 0.331 e. The first-order valence-electron chi connectivity index (χ1n) is 10.4. The topological polar surface area (TPSA) is 126 Å². The number of non-ortho nitro benzene ring substituents is 1. The maximum Gasteiger partial charge on any atom is 0.331 e. The fraction of sp³-hybridized carbons (Fsp3) is 0.208. The van der Waals surface area contributed by atoms with E-state index in [0.29, 0.717) is 23.0 Å². The van der Waals surface area contributed by atoms with E-state index in [-0.39, 0.29) is 17.1 Å².